The third-order valence-corrected chi connectivity index (χ3v) is 2.09. The molecule has 0 unspecified atom stereocenters. The number of carbonyl (C=O) groups excluding carboxylic acids is 1. The van der Waals surface area contributed by atoms with Crippen molar-refractivity contribution in [3.63, 3.8) is 0 Å². The van der Waals surface area contributed by atoms with Crippen LogP contribution in [0, 0.1) is 0 Å². The van der Waals surface area contributed by atoms with Gasteiger partial charge in [-0.05, 0) is 23.6 Å². The lowest BCUT2D eigenvalue weighted by atomic mass is 10.1. The lowest BCUT2D eigenvalue weighted by Crippen LogP contribution is -1.97. The van der Waals surface area contributed by atoms with Crippen LogP contribution in [-0.4, -0.2) is 11.0 Å². The number of rotatable bonds is 1. The largest absolute Gasteiger partial charge is 0.356 e. The van der Waals surface area contributed by atoms with Gasteiger partial charge >= 0.3 is 5.97 Å². The van der Waals surface area contributed by atoms with Gasteiger partial charge in [0.2, 0.25) is 0 Å². The van der Waals surface area contributed by atoms with Crippen molar-refractivity contribution in [3.05, 3.63) is 42.2 Å². The summed E-state index contributed by atoms with van der Waals surface area (Å²) in [4.78, 5) is 15.1. The van der Waals surface area contributed by atoms with E-state index in [0.29, 0.717) is 5.56 Å². The van der Waals surface area contributed by atoms with Gasteiger partial charge in [0.25, 0.3) is 0 Å². The topological polar surface area (TPSA) is 39.2 Å². The molecule has 70 valence electrons. The molecule has 1 aromatic carbocycles. The maximum atomic E-state index is 11.1. The van der Waals surface area contributed by atoms with E-state index in [1.807, 2.05) is 6.07 Å². The Morgan fingerprint density at radius 2 is 2.14 bits per heavy atom. The molecular formula is C10H6ClNO2. The van der Waals surface area contributed by atoms with E-state index in [1.165, 1.54) is 0 Å². The van der Waals surface area contributed by atoms with Crippen molar-refractivity contribution >= 4 is 28.6 Å². The van der Waals surface area contributed by atoms with Crippen LogP contribution in [0.15, 0.2) is 36.7 Å². The molecule has 0 aliphatic carbocycles. The molecule has 1 heterocycles. The van der Waals surface area contributed by atoms with E-state index < -0.39 is 5.97 Å². The summed E-state index contributed by atoms with van der Waals surface area (Å²) in [6, 6.07) is 6.97. The Balaban J connectivity index is 2.56. The molecule has 1 aromatic heterocycles. The summed E-state index contributed by atoms with van der Waals surface area (Å²) in [6.45, 7) is 0. The number of aromatic nitrogens is 1. The van der Waals surface area contributed by atoms with Gasteiger partial charge in [0.1, 0.15) is 11.9 Å². The van der Waals surface area contributed by atoms with Crippen LogP contribution in [0.25, 0.3) is 10.8 Å². The molecule has 0 bridgehead atoms. The second-order valence-electron chi connectivity index (χ2n) is 2.80. The van der Waals surface area contributed by atoms with Gasteiger partial charge in [0, 0.05) is 17.8 Å². The van der Waals surface area contributed by atoms with Crippen molar-refractivity contribution in [2.24, 2.45) is 0 Å². The zero-order valence-electron chi connectivity index (χ0n) is 7.11. The number of pyridine rings is 1. The molecule has 0 fully saturated rings. The summed E-state index contributed by atoms with van der Waals surface area (Å²) in [6.07, 6.45) is 3.39. The highest BCUT2D eigenvalue weighted by molar-refractivity contribution is 6.16. The molecule has 0 aliphatic rings. The summed E-state index contributed by atoms with van der Waals surface area (Å²) in [5, 5.41) is 1.90. The molecule has 0 radical (unpaired) electrons. The van der Waals surface area contributed by atoms with Crippen molar-refractivity contribution in [3.8, 4) is 0 Å². The summed E-state index contributed by atoms with van der Waals surface area (Å²) in [5.41, 5.74) is 0.429. The highest BCUT2D eigenvalue weighted by Gasteiger charge is 2.06. The maximum absolute atomic E-state index is 11.1. The first kappa shape index (κ1) is 8.97. The minimum atomic E-state index is -0.551. The van der Waals surface area contributed by atoms with Gasteiger partial charge in [-0.15, -0.1) is 0 Å². The van der Waals surface area contributed by atoms with E-state index in [1.54, 1.807) is 30.6 Å². The number of fused-ring (bicyclic) bond motifs is 1. The van der Waals surface area contributed by atoms with E-state index in [4.69, 9.17) is 11.9 Å². The molecule has 14 heavy (non-hydrogen) atoms. The monoisotopic (exact) mass is 207 g/mol. The van der Waals surface area contributed by atoms with Crippen LogP contribution in [0.4, 0.5) is 0 Å². The zero-order valence-corrected chi connectivity index (χ0v) is 7.86. The van der Waals surface area contributed by atoms with E-state index in [-0.39, 0.29) is 0 Å². The Morgan fingerprint density at radius 3 is 2.93 bits per heavy atom. The molecule has 4 heteroatoms. The summed E-state index contributed by atoms with van der Waals surface area (Å²) < 4.78 is 4.10. The highest BCUT2D eigenvalue weighted by atomic mass is 35.5. The lowest BCUT2D eigenvalue weighted by Gasteiger charge is -1.99. The smallest absolute Gasteiger partial charge is 0.343 e. The van der Waals surface area contributed by atoms with Crippen LogP contribution in [0.3, 0.4) is 0 Å². The van der Waals surface area contributed by atoms with Gasteiger partial charge in [0.15, 0.2) is 0 Å². The van der Waals surface area contributed by atoms with Crippen LogP contribution in [0.1, 0.15) is 10.4 Å². The summed E-state index contributed by atoms with van der Waals surface area (Å²) in [5.74, 6) is -0.551. The molecule has 0 saturated heterocycles. The fourth-order valence-electron chi connectivity index (χ4n) is 1.25. The molecule has 0 N–H and O–H groups in total. The fourth-order valence-corrected chi connectivity index (χ4v) is 1.34. The molecule has 0 saturated carbocycles. The standard InChI is InChI=1S/C10H6ClNO2/c11-14-10(13)8-1-2-9-6-12-4-3-7(9)5-8/h1-6H. The maximum Gasteiger partial charge on any atom is 0.356 e. The van der Waals surface area contributed by atoms with E-state index in [0.717, 1.165) is 10.8 Å². The third kappa shape index (κ3) is 1.54. The van der Waals surface area contributed by atoms with Gasteiger partial charge in [-0.1, -0.05) is 6.07 Å². The predicted molar refractivity (Wildman–Crippen MR) is 53.0 cm³/mol. The lowest BCUT2D eigenvalue weighted by molar-refractivity contribution is 0.0751. The minimum Gasteiger partial charge on any atom is -0.343 e. The zero-order chi connectivity index (χ0) is 9.97. The predicted octanol–water partition coefficient (Wildman–Crippen LogP) is 2.55. The Bertz CT molecular complexity index is 484. The molecule has 2 rings (SSSR count). The van der Waals surface area contributed by atoms with Gasteiger partial charge < -0.3 is 4.29 Å². The van der Waals surface area contributed by atoms with Gasteiger partial charge in [0.05, 0.1) is 5.56 Å². The van der Waals surface area contributed by atoms with E-state index in [2.05, 4.69) is 9.27 Å². The Morgan fingerprint density at radius 1 is 1.29 bits per heavy atom. The Labute approximate surface area is 85.4 Å². The van der Waals surface area contributed by atoms with Crippen LogP contribution in [0.5, 0.6) is 0 Å². The number of hydrogen-bond acceptors (Lipinski definition) is 3. The summed E-state index contributed by atoms with van der Waals surface area (Å²) in [7, 11) is 0. The second kappa shape index (κ2) is 3.64. The van der Waals surface area contributed by atoms with Crippen molar-refractivity contribution in [2.45, 2.75) is 0 Å². The van der Waals surface area contributed by atoms with Crippen molar-refractivity contribution in [1.29, 1.82) is 0 Å². The first-order valence-corrected chi connectivity index (χ1v) is 4.29. The van der Waals surface area contributed by atoms with E-state index in [9.17, 15) is 4.79 Å². The molecule has 0 spiro atoms. The van der Waals surface area contributed by atoms with Crippen molar-refractivity contribution < 1.29 is 9.08 Å². The quantitative estimate of drug-likeness (QED) is 0.722. The van der Waals surface area contributed by atoms with Gasteiger partial charge in [-0.2, -0.15) is 0 Å². The first-order chi connectivity index (χ1) is 6.81. The highest BCUT2D eigenvalue weighted by Crippen LogP contribution is 2.15. The average molecular weight is 208 g/mol. The number of hydrogen-bond donors (Lipinski definition) is 0. The van der Waals surface area contributed by atoms with Gasteiger partial charge in [-0.3, -0.25) is 4.98 Å². The van der Waals surface area contributed by atoms with Crippen molar-refractivity contribution in [1.82, 2.24) is 4.98 Å². The van der Waals surface area contributed by atoms with E-state index >= 15 is 0 Å². The normalized spacial score (nSPS) is 10.1. The fraction of sp³-hybridized carbons (Fsp3) is 0. The number of halogens is 1. The second-order valence-corrected chi connectivity index (χ2v) is 2.96. The SMILES string of the molecule is O=C(OCl)c1ccc2cnccc2c1. The molecule has 0 aliphatic heterocycles. The third-order valence-electron chi connectivity index (χ3n) is 1.95. The molecule has 2 aromatic rings. The number of benzene rings is 1. The Hall–Kier alpha value is -1.61. The molecule has 3 nitrogen and oxygen atoms in total. The number of carbonyl (C=O) groups is 1. The first-order valence-electron chi connectivity index (χ1n) is 3.98. The Kier molecular flexibility index (Phi) is 2.33. The van der Waals surface area contributed by atoms with Crippen molar-refractivity contribution in [2.75, 3.05) is 0 Å². The minimum absolute atomic E-state index is 0.429. The van der Waals surface area contributed by atoms with Crippen LogP contribution in [-0.2, 0) is 4.29 Å². The van der Waals surface area contributed by atoms with Crippen LogP contribution < -0.4 is 0 Å². The number of nitrogens with zero attached hydrogens (tertiary/aromatic N) is 1. The molecular weight excluding hydrogens is 202 g/mol. The van der Waals surface area contributed by atoms with Gasteiger partial charge in [-0.25, -0.2) is 4.79 Å². The molecule has 0 atom stereocenters. The van der Waals surface area contributed by atoms with Crippen LogP contribution in [0.2, 0.25) is 0 Å². The van der Waals surface area contributed by atoms with Crippen LogP contribution >= 0.6 is 11.9 Å². The molecule has 0 amide bonds. The average Bonchev–Trinajstić information content (AvgIpc) is 2.27. The summed E-state index contributed by atoms with van der Waals surface area (Å²) >= 11 is 4.98.